The standard InChI is InChI=1S/C19H30N4O3/c1-13(2)26-19(25)21-9-6-17(20)18(24)22-16-5-4-14-7-10-23(3)11-8-15(14)12-16/h4-5,12-13,17H,6-11,20H2,1-3H3,(H,21,25)(H,22,24). The average Bonchev–Trinajstić information content (AvgIpc) is 2.75. The van der Waals surface area contributed by atoms with Gasteiger partial charge in [0.25, 0.3) is 0 Å². The highest BCUT2D eigenvalue weighted by Gasteiger charge is 2.16. The summed E-state index contributed by atoms with van der Waals surface area (Å²) in [6.45, 7) is 5.91. The van der Waals surface area contributed by atoms with Crippen molar-refractivity contribution in [3.63, 3.8) is 0 Å². The van der Waals surface area contributed by atoms with Crippen LogP contribution in [-0.4, -0.2) is 55.7 Å². The zero-order valence-corrected chi connectivity index (χ0v) is 15.9. The van der Waals surface area contributed by atoms with E-state index in [-0.39, 0.29) is 18.6 Å². The van der Waals surface area contributed by atoms with Crippen molar-refractivity contribution in [3.8, 4) is 0 Å². The van der Waals surface area contributed by atoms with Gasteiger partial charge in [0, 0.05) is 25.3 Å². The summed E-state index contributed by atoms with van der Waals surface area (Å²) in [5, 5.41) is 5.46. The van der Waals surface area contributed by atoms with Crippen molar-refractivity contribution in [2.45, 2.75) is 45.3 Å². The fourth-order valence-corrected chi connectivity index (χ4v) is 2.87. The first kappa shape index (κ1) is 20.2. The second kappa shape index (κ2) is 9.54. The molecule has 7 heteroatoms. The van der Waals surface area contributed by atoms with Crippen LogP contribution in [0.1, 0.15) is 31.4 Å². The Bertz CT molecular complexity index is 633. The monoisotopic (exact) mass is 362 g/mol. The first-order valence-electron chi connectivity index (χ1n) is 9.16. The van der Waals surface area contributed by atoms with Crippen LogP contribution in [0.3, 0.4) is 0 Å². The lowest BCUT2D eigenvalue weighted by Gasteiger charge is -2.15. The Kier molecular flexibility index (Phi) is 7.41. The van der Waals surface area contributed by atoms with Crippen LogP contribution in [0.25, 0.3) is 0 Å². The van der Waals surface area contributed by atoms with Crippen LogP contribution in [0.2, 0.25) is 0 Å². The second-order valence-corrected chi connectivity index (χ2v) is 7.05. The topological polar surface area (TPSA) is 96.7 Å². The molecule has 0 fully saturated rings. The number of carbonyl (C=O) groups is 2. The highest BCUT2D eigenvalue weighted by molar-refractivity contribution is 5.94. The molecule has 1 aromatic carbocycles. The Morgan fingerprint density at radius 3 is 2.62 bits per heavy atom. The molecule has 0 saturated carbocycles. The van der Waals surface area contributed by atoms with Crippen molar-refractivity contribution in [3.05, 3.63) is 29.3 Å². The molecule has 4 N–H and O–H groups in total. The Morgan fingerprint density at radius 2 is 1.92 bits per heavy atom. The minimum Gasteiger partial charge on any atom is -0.447 e. The van der Waals surface area contributed by atoms with Crippen LogP contribution in [0, 0.1) is 0 Å². The molecule has 1 unspecified atom stereocenters. The van der Waals surface area contributed by atoms with Crippen LogP contribution < -0.4 is 16.4 Å². The predicted molar refractivity (Wildman–Crippen MR) is 102 cm³/mol. The van der Waals surface area contributed by atoms with E-state index in [9.17, 15) is 9.59 Å². The lowest BCUT2D eigenvalue weighted by molar-refractivity contribution is -0.117. The van der Waals surface area contributed by atoms with Gasteiger partial charge in [-0.2, -0.15) is 0 Å². The summed E-state index contributed by atoms with van der Waals surface area (Å²) in [7, 11) is 2.12. The van der Waals surface area contributed by atoms with Gasteiger partial charge in [-0.05, 0) is 63.4 Å². The molecule has 0 radical (unpaired) electrons. The molecule has 2 amide bonds. The number of carbonyl (C=O) groups excluding carboxylic acids is 2. The van der Waals surface area contributed by atoms with E-state index in [0.29, 0.717) is 6.42 Å². The molecule has 1 aliphatic rings. The second-order valence-electron chi connectivity index (χ2n) is 7.05. The highest BCUT2D eigenvalue weighted by atomic mass is 16.6. The maximum atomic E-state index is 12.3. The van der Waals surface area contributed by atoms with Crippen LogP contribution in [0.5, 0.6) is 0 Å². The largest absolute Gasteiger partial charge is 0.447 e. The van der Waals surface area contributed by atoms with Crippen molar-refractivity contribution in [2.24, 2.45) is 5.73 Å². The van der Waals surface area contributed by atoms with Crippen LogP contribution >= 0.6 is 0 Å². The molecule has 0 aromatic heterocycles. The Morgan fingerprint density at radius 1 is 1.23 bits per heavy atom. The molecule has 1 atom stereocenters. The molecule has 1 heterocycles. The summed E-state index contributed by atoms with van der Waals surface area (Å²) in [4.78, 5) is 26.0. The number of alkyl carbamates (subject to hydrolysis) is 1. The predicted octanol–water partition coefficient (Wildman–Crippen LogP) is 1.51. The number of rotatable bonds is 6. The number of hydrogen-bond donors (Lipinski definition) is 3. The fraction of sp³-hybridized carbons (Fsp3) is 0.579. The van der Waals surface area contributed by atoms with E-state index >= 15 is 0 Å². The van der Waals surface area contributed by atoms with Gasteiger partial charge in [-0.1, -0.05) is 6.07 Å². The zero-order valence-electron chi connectivity index (χ0n) is 15.9. The van der Waals surface area contributed by atoms with E-state index < -0.39 is 12.1 Å². The van der Waals surface area contributed by atoms with Crippen LogP contribution in [-0.2, 0) is 22.4 Å². The quantitative estimate of drug-likeness (QED) is 0.713. The first-order valence-corrected chi connectivity index (χ1v) is 9.16. The van der Waals surface area contributed by atoms with E-state index in [1.165, 1.54) is 11.1 Å². The minimum absolute atomic E-state index is 0.181. The van der Waals surface area contributed by atoms with Gasteiger partial charge in [-0.25, -0.2) is 4.79 Å². The maximum absolute atomic E-state index is 12.3. The van der Waals surface area contributed by atoms with Crippen LogP contribution in [0.15, 0.2) is 18.2 Å². The number of amides is 2. The lowest BCUT2D eigenvalue weighted by atomic mass is 10.0. The van der Waals surface area contributed by atoms with Gasteiger partial charge < -0.3 is 26.0 Å². The lowest BCUT2D eigenvalue weighted by Crippen LogP contribution is -2.39. The summed E-state index contributed by atoms with van der Waals surface area (Å²) in [6.07, 6.45) is 1.67. The Balaban J connectivity index is 1.82. The van der Waals surface area contributed by atoms with E-state index in [2.05, 4.69) is 28.6 Å². The van der Waals surface area contributed by atoms with Gasteiger partial charge in [0.15, 0.2) is 0 Å². The van der Waals surface area contributed by atoms with Crippen molar-refractivity contribution in [1.29, 1.82) is 0 Å². The molecule has 0 saturated heterocycles. The van der Waals surface area contributed by atoms with Crippen molar-refractivity contribution >= 4 is 17.7 Å². The van der Waals surface area contributed by atoms with Gasteiger partial charge in [0.1, 0.15) is 0 Å². The normalized spacial score (nSPS) is 15.7. The Hall–Kier alpha value is -2.12. The molecule has 1 aromatic rings. The third-order valence-electron chi connectivity index (χ3n) is 4.40. The minimum atomic E-state index is -0.695. The smallest absolute Gasteiger partial charge is 0.407 e. The number of fused-ring (bicyclic) bond motifs is 1. The first-order chi connectivity index (χ1) is 12.3. The number of nitrogens with one attached hydrogen (secondary N) is 2. The molecular formula is C19H30N4O3. The van der Waals surface area contributed by atoms with E-state index in [1.54, 1.807) is 13.8 Å². The zero-order chi connectivity index (χ0) is 19.1. The molecule has 1 aliphatic heterocycles. The Labute approximate surface area is 155 Å². The molecule has 0 bridgehead atoms. The number of ether oxygens (including phenoxy) is 1. The van der Waals surface area contributed by atoms with E-state index in [4.69, 9.17) is 10.5 Å². The van der Waals surface area contributed by atoms with Gasteiger partial charge >= 0.3 is 6.09 Å². The van der Waals surface area contributed by atoms with Crippen molar-refractivity contribution in [2.75, 3.05) is 32.0 Å². The molecule has 26 heavy (non-hydrogen) atoms. The van der Waals surface area contributed by atoms with Crippen molar-refractivity contribution < 1.29 is 14.3 Å². The molecular weight excluding hydrogens is 332 g/mol. The summed E-state index contributed by atoms with van der Waals surface area (Å²) in [5.41, 5.74) is 9.30. The number of anilines is 1. The summed E-state index contributed by atoms with van der Waals surface area (Å²) in [6, 6.07) is 5.35. The van der Waals surface area contributed by atoms with Gasteiger partial charge in [-0.3, -0.25) is 4.79 Å². The van der Waals surface area contributed by atoms with Crippen LogP contribution in [0.4, 0.5) is 10.5 Å². The van der Waals surface area contributed by atoms with Gasteiger partial charge in [-0.15, -0.1) is 0 Å². The third kappa shape index (κ3) is 6.31. The summed E-state index contributed by atoms with van der Waals surface area (Å²) >= 11 is 0. The van der Waals surface area contributed by atoms with Gasteiger partial charge in [0.05, 0.1) is 12.1 Å². The number of nitrogens with two attached hydrogens (primary N) is 1. The molecule has 144 valence electrons. The molecule has 7 nitrogen and oxygen atoms in total. The number of hydrogen-bond acceptors (Lipinski definition) is 5. The van der Waals surface area contributed by atoms with Gasteiger partial charge in [0.2, 0.25) is 5.91 Å². The summed E-state index contributed by atoms with van der Waals surface area (Å²) in [5.74, 6) is -0.255. The molecule has 0 spiro atoms. The summed E-state index contributed by atoms with van der Waals surface area (Å²) < 4.78 is 4.96. The SMILES string of the molecule is CC(C)OC(=O)NCCC(N)C(=O)Nc1ccc2c(c1)CCN(C)CC2. The molecule has 2 rings (SSSR count). The number of likely N-dealkylation sites (N-methyl/N-ethyl adjacent to an activating group) is 1. The van der Waals surface area contributed by atoms with E-state index in [1.807, 2.05) is 12.1 Å². The number of benzene rings is 1. The van der Waals surface area contributed by atoms with E-state index in [0.717, 1.165) is 31.6 Å². The van der Waals surface area contributed by atoms with Crippen molar-refractivity contribution in [1.82, 2.24) is 10.2 Å². The highest BCUT2D eigenvalue weighted by Crippen LogP contribution is 2.20. The average molecular weight is 362 g/mol. The number of nitrogens with zero attached hydrogens (tertiary/aromatic N) is 1. The third-order valence-corrected chi connectivity index (χ3v) is 4.40. The fourth-order valence-electron chi connectivity index (χ4n) is 2.87. The molecule has 0 aliphatic carbocycles. The maximum Gasteiger partial charge on any atom is 0.407 e.